The monoisotopic (exact) mass is 380 g/mol. The molecule has 1 atom stereocenters. The fourth-order valence-electron chi connectivity index (χ4n) is 2.10. The highest BCUT2D eigenvalue weighted by molar-refractivity contribution is 7.92. The highest BCUT2D eigenvalue weighted by atomic mass is 35.5. The molecule has 25 heavy (non-hydrogen) atoms. The van der Waals surface area contributed by atoms with Crippen LogP contribution < -0.4 is 10.0 Å². The Balaban J connectivity index is 2.20. The van der Waals surface area contributed by atoms with Crippen LogP contribution in [0.25, 0.3) is 0 Å². The second-order valence-electron chi connectivity index (χ2n) is 5.90. The number of carbonyl (C=O) groups excluding carboxylic acids is 1. The molecule has 0 aliphatic rings. The van der Waals surface area contributed by atoms with E-state index in [0.717, 1.165) is 12.0 Å². The number of hydrogen-bond acceptors (Lipinski definition) is 3. The molecule has 2 rings (SSSR count). The predicted molar refractivity (Wildman–Crippen MR) is 101 cm³/mol. The summed E-state index contributed by atoms with van der Waals surface area (Å²) < 4.78 is 27.3. The van der Waals surface area contributed by atoms with Gasteiger partial charge >= 0.3 is 0 Å². The van der Waals surface area contributed by atoms with Crippen LogP contribution in [-0.4, -0.2) is 20.4 Å². The van der Waals surface area contributed by atoms with Gasteiger partial charge in [-0.25, -0.2) is 8.42 Å². The zero-order valence-electron chi connectivity index (χ0n) is 14.3. The number of benzene rings is 2. The Morgan fingerprint density at radius 3 is 2.36 bits per heavy atom. The molecule has 2 N–H and O–H groups in total. The van der Waals surface area contributed by atoms with E-state index in [1.165, 1.54) is 30.3 Å². The van der Waals surface area contributed by atoms with Gasteiger partial charge in [0.15, 0.2) is 0 Å². The Labute approximate surface area is 153 Å². The maximum atomic E-state index is 12.4. The molecule has 0 aliphatic heterocycles. The largest absolute Gasteiger partial charge is 0.350 e. The first kappa shape index (κ1) is 19.3. The Bertz CT molecular complexity index is 864. The summed E-state index contributed by atoms with van der Waals surface area (Å²) >= 11 is 6.15. The van der Waals surface area contributed by atoms with Crippen molar-refractivity contribution >= 4 is 33.2 Å². The summed E-state index contributed by atoms with van der Waals surface area (Å²) in [5.74, 6) is -0.285. The third kappa shape index (κ3) is 4.96. The molecular weight excluding hydrogens is 360 g/mol. The van der Waals surface area contributed by atoms with E-state index in [-0.39, 0.29) is 21.9 Å². The van der Waals surface area contributed by atoms with Gasteiger partial charge < -0.3 is 5.32 Å². The highest BCUT2D eigenvalue weighted by Gasteiger charge is 2.17. The number of amides is 1. The second-order valence-corrected chi connectivity index (χ2v) is 7.99. The summed E-state index contributed by atoms with van der Waals surface area (Å²) in [6.07, 6.45) is 0.803. The average molecular weight is 381 g/mol. The van der Waals surface area contributed by atoms with E-state index in [0.29, 0.717) is 11.3 Å². The highest BCUT2D eigenvalue weighted by Crippen LogP contribution is 2.23. The van der Waals surface area contributed by atoms with Crippen LogP contribution in [0.15, 0.2) is 47.4 Å². The zero-order valence-corrected chi connectivity index (χ0v) is 15.9. The summed E-state index contributed by atoms with van der Waals surface area (Å²) in [6.45, 7) is 5.75. The molecule has 0 saturated heterocycles. The lowest BCUT2D eigenvalue weighted by Gasteiger charge is -2.13. The third-order valence-electron chi connectivity index (χ3n) is 3.79. The number of nitrogens with one attached hydrogen (secondary N) is 2. The van der Waals surface area contributed by atoms with E-state index < -0.39 is 10.0 Å². The fraction of sp³-hybridized carbons (Fsp3) is 0.278. The van der Waals surface area contributed by atoms with Crippen molar-refractivity contribution in [3.8, 4) is 0 Å². The Morgan fingerprint density at radius 2 is 1.80 bits per heavy atom. The maximum absolute atomic E-state index is 12.4. The van der Waals surface area contributed by atoms with E-state index in [1.54, 1.807) is 12.1 Å². The van der Waals surface area contributed by atoms with Gasteiger partial charge in [0, 0.05) is 6.04 Å². The van der Waals surface area contributed by atoms with Gasteiger partial charge in [-0.1, -0.05) is 36.2 Å². The molecule has 0 fully saturated rings. The third-order valence-corrected chi connectivity index (χ3v) is 5.50. The van der Waals surface area contributed by atoms with Crippen LogP contribution in [0.1, 0.15) is 36.2 Å². The molecule has 0 spiro atoms. The minimum Gasteiger partial charge on any atom is -0.350 e. The lowest BCUT2D eigenvalue weighted by Crippen LogP contribution is -2.32. The molecule has 0 radical (unpaired) electrons. The first-order valence-corrected chi connectivity index (χ1v) is 9.79. The summed E-state index contributed by atoms with van der Waals surface area (Å²) in [6, 6.07) is 11.0. The van der Waals surface area contributed by atoms with Crippen LogP contribution >= 0.6 is 11.6 Å². The molecule has 2 aromatic rings. The van der Waals surface area contributed by atoms with E-state index in [9.17, 15) is 13.2 Å². The number of anilines is 1. The van der Waals surface area contributed by atoms with Crippen molar-refractivity contribution in [1.29, 1.82) is 0 Å². The number of halogens is 1. The molecule has 0 heterocycles. The molecule has 1 amide bonds. The van der Waals surface area contributed by atoms with Crippen LogP contribution in [0.3, 0.4) is 0 Å². The lowest BCUT2D eigenvalue weighted by molar-refractivity contribution is 0.0939. The van der Waals surface area contributed by atoms with Crippen LogP contribution in [0.2, 0.25) is 5.02 Å². The van der Waals surface area contributed by atoms with Crippen molar-refractivity contribution in [2.75, 3.05) is 4.72 Å². The Hall–Kier alpha value is -2.05. The summed E-state index contributed by atoms with van der Waals surface area (Å²) in [5.41, 5.74) is 1.57. The number of carbonyl (C=O) groups is 1. The van der Waals surface area contributed by atoms with Crippen molar-refractivity contribution in [2.24, 2.45) is 0 Å². The summed E-state index contributed by atoms with van der Waals surface area (Å²) in [7, 11) is -3.71. The molecule has 5 nitrogen and oxygen atoms in total. The van der Waals surface area contributed by atoms with Gasteiger partial charge in [0.2, 0.25) is 0 Å². The fourth-order valence-corrected chi connectivity index (χ4v) is 3.41. The quantitative estimate of drug-likeness (QED) is 0.795. The zero-order chi connectivity index (χ0) is 18.6. The molecular formula is C18H21ClN2O3S. The molecule has 1 unspecified atom stereocenters. The van der Waals surface area contributed by atoms with Gasteiger partial charge in [-0.05, 0) is 50.6 Å². The van der Waals surface area contributed by atoms with Gasteiger partial charge in [-0.15, -0.1) is 0 Å². The minimum absolute atomic E-state index is 0.0308. The first-order valence-electron chi connectivity index (χ1n) is 7.93. The number of sulfonamides is 1. The van der Waals surface area contributed by atoms with Crippen molar-refractivity contribution in [2.45, 2.75) is 38.1 Å². The first-order chi connectivity index (χ1) is 11.7. The molecule has 0 aromatic heterocycles. The summed E-state index contributed by atoms with van der Waals surface area (Å²) in [4.78, 5) is 12.3. The molecule has 7 heteroatoms. The number of aryl methyl sites for hydroxylation is 1. The molecule has 0 aliphatic carbocycles. The standard InChI is InChI=1S/C18H21ClN2O3S/c1-4-13(3)20-18(22)16-10-7-14(11-17(16)19)21-25(23,24)15-8-5-12(2)6-9-15/h5-11,13,21H,4H2,1-3H3,(H,20,22). The van der Waals surface area contributed by atoms with Gasteiger partial charge in [0.05, 0.1) is 21.2 Å². The SMILES string of the molecule is CCC(C)NC(=O)c1ccc(NS(=O)(=O)c2ccc(C)cc2)cc1Cl. The van der Waals surface area contributed by atoms with Gasteiger partial charge in [-0.2, -0.15) is 0 Å². The normalized spacial score (nSPS) is 12.5. The van der Waals surface area contributed by atoms with Gasteiger partial charge in [0.25, 0.3) is 15.9 Å². The predicted octanol–water partition coefficient (Wildman–Crippen LogP) is 3.98. The molecule has 2 aromatic carbocycles. The smallest absolute Gasteiger partial charge is 0.261 e. The maximum Gasteiger partial charge on any atom is 0.261 e. The van der Waals surface area contributed by atoms with Crippen LogP contribution in [0.4, 0.5) is 5.69 Å². The van der Waals surface area contributed by atoms with Crippen molar-refractivity contribution < 1.29 is 13.2 Å². The Kier molecular flexibility index (Phi) is 6.08. The van der Waals surface area contributed by atoms with E-state index in [2.05, 4.69) is 10.0 Å². The van der Waals surface area contributed by atoms with Crippen LogP contribution in [0.5, 0.6) is 0 Å². The Morgan fingerprint density at radius 1 is 1.16 bits per heavy atom. The van der Waals surface area contributed by atoms with Crippen molar-refractivity contribution in [3.05, 3.63) is 58.6 Å². The van der Waals surface area contributed by atoms with E-state index >= 15 is 0 Å². The number of hydrogen-bond donors (Lipinski definition) is 2. The van der Waals surface area contributed by atoms with Crippen molar-refractivity contribution in [3.63, 3.8) is 0 Å². The molecule has 0 saturated carbocycles. The number of rotatable bonds is 6. The van der Waals surface area contributed by atoms with E-state index in [1.807, 2.05) is 20.8 Å². The lowest BCUT2D eigenvalue weighted by atomic mass is 10.1. The van der Waals surface area contributed by atoms with E-state index in [4.69, 9.17) is 11.6 Å². The topological polar surface area (TPSA) is 75.3 Å². The second kappa shape index (κ2) is 7.89. The minimum atomic E-state index is -3.71. The summed E-state index contributed by atoms with van der Waals surface area (Å²) in [5, 5.41) is 3.01. The average Bonchev–Trinajstić information content (AvgIpc) is 2.54. The van der Waals surface area contributed by atoms with Crippen LogP contribution in [0, 0.1) is 6.92 Å². The van der Waals surface area contributed by atoms with Gasteiger partial charge in [0.1, 0.15) is 0 Å². The van der Waals surface area contributed by atoms with Crippen molar-refractivity contribution in [1.82, 2.24) is 5.32 Å². The van der Waals surface area contributed by atoms with Gasteiger partial charge in [-0.3, -0.25) is 9.52 Å². The van der Waals surface area contributed by atoms with Crippen LogP contribution in [-0.2, 0) is 10.0 Å². The molecule has 134 valence electrons. The molecule has 0 bridgehead atoms.